The summed E-state index contributed by atoms with van der Waals surface area (Å²) in [6.07, 6.45) is 0. The average molecular weight is 325 g/mol. The maximum Gasteiger partial charge on any atom is 0.342 e. The van der Waals surface area contributed by atoms with E-state index in [1.54, 1.807) is 12.1 Å². The van der Waals surface area contributed by atoms with Gasteiger partial charge in [-0.25, -0.2) is 4.79 Å². The molecule has 6 heteroatoms. The molecule has 0 amide bonds. The fourth-order valence-corrected chi connectivity index (χ4v) is 1.90. The lowest BCUT2D eigenvalue weighted by molar-refractivity contribution is 0.0472. The Morgan fingerprint density at radius 1 is 1.00 bits per heavy atom. The van der Waals surface area contributed by atoms with Gasteiger partial charge in [0.2, 0.25) is 0 Å². The minimum absolute atomic E-state index is 0.0913. The van der Waals surface area contributed by atoms with Gasteiger partial charge in [0.25, 0.3) is 0 Å². The molecule has 0 atom stereocenters. The van der Waals surface area contributed by atoms with Crippen molar-refractivity contribution in [3.8, 4) is 5.75 Å². The van der Waals surface area contributed by atoms with Crippen molar-refractivity contribution in [2.75, 3.05) is 6.61 Å². The largest absolute Gasteiger partial charge is 0.507 e. The third kappa shape index (κ3) is 3.97. The maximum atomic E-state index is 11.8. The van der Waals surface area contributed by atoms with E-state index < -0.39 is 12.6 Å². The Hall–Kier alpha value is -2.04. The van der Waals surface area contributed by atoms with Crippen molar-refractivity contribution >= 4 is 35.0 Å². The van der Waals surface area contributed by atoms with Crippen LogP contribution in [0.3, 0.4) is 0 Å². The average Bonchev–Trinajstić information content (AvgIpc) is 2.47. The van der Waals surface area contributed by atoms with Crippen molar-refractivity contribution < 1.29 is 19.4 Å². The van der Waals surface area contributed by atoms with Gasteiger partial charge in [-0.05, 0) is 42.5 Å². The van der Waals surface area contributed by atoms with Gasteiger partial charge in [0.05, 0.1) is 0 Å². The van der Waals surface area contributed by atoms with E-state index in [2.05, 4.69) is 0 Å². The number of carbonyl (C=O) groups excluding carboxylic acids is 2. The van der Waals surface area contributed by atoms with Crippen LogP contribution in [0, 0.1) is 0 Å². The first-order valence-electron chi connectivity index (χ1n) is 5.92. The highest BCUT2D eigenvalue weighted by atomic mass is 35.5. The zero-order valence-corrected chi connectivity index (χ0v) is 12.2. The van der Waals surface area contributed by atoms with Crippen molar-refractivity contribution in [1.82, 2.24) is 0 Å². The summed E-state index contributed by atoms with van der Waals surface area (Å²) in [5.74, 6) is -1.46. The predicted molar refractivity (Wildman–Crippen MR) is 79.2 cm³/mol. The Balaban J connectivity index is 2.02. The molecule has 2 aromatic rings. The summed E-state index contributed by atoms with van der Waals surface area (Å²) in [6.45, 7) is -0.438. The molecule has 0 bridgehead atoms. The van der Waals surface area contributed by atoms with Crippen molar-refractivity contribution in [2.45, 2.75) is 0 Å². The third-order valence-electron chi connectivity index (χ3n) is 2.68. The van der Waals surface area contributed by atoms with Crippen LogP contribution in [0.25, 0.3) is 0 Å². The molecular weight excluding hydrogens is 315 g/mol. The van der Waals surface area contributed by atoms with Crippen molar-refractivity contribution in [1.29, 1.82) is 0 Å². The van der Waals surface area contributed by atoms with Crippen molar-refractivity contribution in [3.63, 3.8) is 0 Å². The van der Waals surface area contributed by atoms with Gasteiger partial charge in [-0.15, -0.1) is 0 Å². The quantitative estimate of drug-likeness (QED) is 0.687. The lowest BCUT2D eigenvalue weighted by Gasteiger charge is -2.06. The van der Waals surface area contributed by atoms with Crippen LogP contribution in [-0.2, 0) is 4.74 Å². The predicted octanol–water partition coefficient (Wildman–Crippen LogP) is 3.74. The number of aromatic hydroxyl groups is 1. The van der Waals surface area contributed by atoms with Crippen LogP contribution in [0.2, 0.25) is 10.0 Å². The molecule has 0 radical (unpaired) electrons. The molecule has 0 aliphatic carbocycles. The van der Waals surface area contributed by atoms with Gasteiger partial charge >= 0.3 is 5.97 Å². The van der Waals surface area contributed by atoms with Crippen LogP contribution in [0.1, 0.15) is 20.7 Å². The number of hydrogen-bond acceptors (Lipinski definition) is 4. The number of carbonyl (C=O) groups is 2. The summed E-state index contributed by atoms with van der Waals surface area (Å²) >= 11 is 11.5. The molecule has 0 fully saturated rings. The van der Waals surface area contributed by atoms with Crippen LogP contribution in [-0.4, -0.2) is 23.5 Å². The van der Waals surface area contributed by atoms with Crippen LogP contribution in [0.15, 0.2) is 42.5 Å². The van der Waals surface area contributed by atoms with Crippen LogP contribution >= 0.6 is 23.2 Å². The van der Waals surface area contributed by atoms with E-state index in [0.717, 1.165) is 0 Å². The van der Waals surface area contributed by atoms with E-state index in [9.17, 15) is 14.7 Å². The van der Waals surface area contributed by atoms with E-state index in [-0.39, 0.29) is 22.1 Å². The maximum absolute atomic E-state index is 11.8. The molecule has 0 aliphatic heterocycles. The van der Waals surface area contributed by atoms with Crippen LogP contribution < -0.4 is 0 Å². The molecule has 0 saturated carbocycles. The minimum atomic E-state index is -0.822. The number of benzene rings is 2. The molecule has 0 unspecified atom stereocenters. The van der Waals surface area contributed by atoms with E-state index >= 15 is 0 Å². The lowest BCUT2D eigenvalue weighted by atomic mass is 10.1. The van der Waals surface area contributed by atoms with E-state index in [1.807, 2.05) is 0 Å². The zero-order chi connectivity index (χ0) is 15.4. The highest BCUT2D eigenvalue weighted by molar-refractivity contribution is 6.31. The first-order chi connectivity index (χ1) is 9.97. The fourth-order valence-electron chi connectivity index (χ4n) is 1.60. The van der Waals surface area contributed by atoms with Crippen LogP contribution in [0.4, 0.5) is 0 Å². The number of ether oxygens (including phenoxy) is 1. The van der Waals surface area contributed by atoms with E-state index in [1.165, 1.54) is 30.3 Å². The Bertz CT molecular complexity index is 681. The molecule has 108 valence electrons. The second-order valence-corrected chi connectivity index (χ2v) is 5.04. The monoisotopic (exact) mass is 324 g/mol. The summed E-state index contributed by atoms with van der Waals surface area (Å²) in [5.41, 5.74) is 0.286. The third-order valence-corrected chi connectivity index (χ3v) is 3.17. The number of Topliss-reactive ketones (excluding diaryl/α,β-unsaturated/α-hetero) is 1. The summed E-state index contributed by atoms with van der Waals surface area (Å²) in [6, 6.07) is 10.2. The second kappa shape index (κ2) is 6.61. The van der Waals surface area contributed by atoms with Gasteiger partial charge in [0.15, 0.2) is 12.4 Å². The Morgan fingerprint density at radius 2 is 1.62 bits per heavy atom. The molecule has 2 rings (SSSR count). The lowest BCUT2D eigenvalue weighted by Crippen LogP contribution is -2.14. The molecule has 1 N–H and O–H groups in total. The number of rotatable bonds is 4. The van der Waals surface area contributed by atoms with Gasteiger partial charge in [0.1, 0.15) is 11.3 Å². The molecule has 0 spiro atoms. The van der Waals surface area contributed by atoms with E-state index in [4.69, 9.17) is 27.9 Å². The summed E-state index contributed by atoms with van der Waals surface area (Å²) in [5, 5.41) is 10.3. The van der Waals surface area contributed by atoms with Gasteiger partial charge < -0.3 is 9.84 Å². The highest BCUT2D eigenvalue weighted by Crippen LogP contribution is 2.22. The number of ketones is 1. The molecule has 0 aliphatic rings. The molecule has 2 aromatic carbocycles. The SMILES string of the molecule is O=C(COC(=O)c1cc(Cl)ccc1O)c1ccc(Cl)cc1. The minimum Gasteiger partial charge on any atom is -0.507 e. The van der Waals surface area contributed by atoms with Gasteiger partial charge in [-0.2, -0.15) is 0 Å². The second-order valence-electron chi connectivity index (χ2n) is 4.17. The number of hydrogen-bond donors (Lipinski definition) is 1. The number of esters is 1. The smallest absolute Gasteiger partial charge is 0.342 e. The zero-order valence-electron chi connectivity index (χ0n) is 10.7. The molecule has 0 heterocycles. The van der Waals surface area contributed by atoms with E-state index in [0.29, 0.717) is 10.6 Å². The highest BCUT2D eigenvalue weighted by Gasteiger charge is 2.15. The van der Waals surface area contributed by atoms with Gasteiger partial charge in [0, 0.05) is 15.6 Å². The summed E-state index contributed by atoms with van der Waals surface area (Å²) < 4.78 is 4.87. The van der Waals surface area contributed by atoms with Crippen LogP contribution in [0.5, 0.6) is 5.75 Å². The molecular formula is C15H10Cl2O4. The molecule has 21 heavy (non-hydrogen) atoms. The fraction of sp³-hybridized carbons (Fsp3) is 0.0667. The van der Waals surface area contributed by atoms with Crippen molar-refractivity contribution in [2.24, 2.45) is 0 Å². The first kappa shape index (κ1) is 15.4. The summed E-state index contributed by atoms with van der Waals surface area (Å²) in [4.78, 5) is 23.6. The number of phenols is 1. The van der Waals surface area contributed by atoms with Gasteiger partial charge in [-0.1, -0.05) is 23.2 Å². The Morgan fingerprint density at radius 3 is 2.29 bits per heavy atom. The van der Waals surface area contributed by atoms with Gasteiger partial charge in [-0.3, -0.25) is 4.79 Å². The topological polar surface area (TPSA) is 63.6 Å². The van der Waals surface area contributed by atoms with Crippen molar-refractivity contribution in [3.05, 3.63) is 63.6 Å². The summed E-state index contributed by atoms with van der Waals surface area (Å²) in [7, 11) is 0. The standard InChI is InChI=1S/C15H10Cl2O4/c16-10-3-1-9(2-4-10)14(19)8-21-15(20)12-7-11(17)5-6-13(12)18/h1-7,18H,8H2. The molecule has 4 nitrogen and oxygen atoms in total. The first-order valence-corrected chi connectivity index (χ1v) is 6.67. The molecule has 0 saturated heterocycles. The Kier molecular flexibility index (Phi) is 4.83. The Labute approximate surface area is 130 Å². The number of halogens is 2. The normalized spacial score (nSPS) is 10.2. The molecule has 0 aromatic heterocycles. The number of phenolic OH excluding ortho intramolecular Hbond substituents is 1.